The van der Waals surface area contributed by atoms with Gasteiger partial charge in [0.15, 0.2) is 0 Å². The first kappa shape index (κ1) is 12.9. The predicted molar refractivity (Wildman–Crippen MR) is 71.6 cm³/mol. The molecule has 3 heteroatoms. The fourth-order valence-corrected chi connectivity index (χ4v) is 2.61. The SMILES string of the molecule is CCOc1ccccc1C1CCN(CC#N)CC1. The number of ether oxygens (including phenoxy) is 1. The van der Waals surface area contributed by atoms with Crippen LogP contribution in [0.4, 0.5) is 0 Å². The van der Waals surface area contributed by atoms with Gasteiger partial charge in [0.25, 0.3) is 0 Å². The molecule has 0 atom stereocenters. The molecule has 1 heterocycles. The number of para-hydroxylation sites is 1. The van der Waals surface area contributed by atoms with Crippen molar-refractivity contribution < 1.29 is 4.74 Å². The molecule has 2 rings (SSSR count). The first-order valence-electron chi connectivity index (χ1n) is 6.66. The number of rotatable bonds is 4. The number of hydrogen-bond acceptors (Lipinski definition) is 3. The summed E-state index contributed by atoms with van der Waals surface area (Å²) < 4.78 is 5.70. The standard InChI is InChI=1S/C15H20N2O/c1-2-18-15-6-4-3-5-14(15)13-7-10-17(11-8-13)12-9-16/h3-6,13H,2,7-8,10-12H2,1H3. The van der Waals surface area contributed by atoms with E-state index in [9.17, 15) is 0 Å². The lowest BCUT2D eigenvalue weighted by Crippen LogP contribution is -2.33. The summed E-state index contributed by atoms with van der Waals surface area (Å²) in [4.78, 5) is 2.22. The Morgan fingerprint density at radius 3 is 2.72 bits per heavy atom. The maximum Gasteiger partial charge on any atom is 0.122 e. The molecule has 0 amide bonds. The minimum absolute atomic E-state index is 0.555. The van der Waals surface area contributed by atoms with Gasteiger partial charge in [-0.2, -0.15) is 5.26 Å². The van der Waals surface area contributed by atoms with Crippen LogP contribution >= 0.6 is 0 Å². The molecule has 0 saturated carbocycles. The van der Waals surface area contributed by atoms with Crippen LogP contribution in [0.5, 0.6) is 5.75 Å². The normalized spacial score (nSPS) is 17.3. The molecule has 0 aliphatic carbocycles. The number of likely N-dealkylation sites (tertiary alicyclic amines) is 1. The van der Waals surface area contributed by atoms with Gasteiger partial charge in [-0.15, -0.1) is 0 Å². The molecule has 3 nitrogen and oxygen atoms in total. The van der Waals surface area contributed by atoms with Gasteiger partial charge < -0.3 is 4.74 Å². The first-order chi connectivity index (χ1) is 8.85. The smallest absolute Gasteiger partial charge is 0.122 e. The van der Waals surface area contributed by atoms with Crippen molar-refractivity contribution in [1.29, 1.82) is 5.26 Å². The lowest BCUT2D eigenvalue weighted by Gasteiger charge is -2.31. The van der Waals surface area contributed by atoms with E-state index in [1.54, 1.807) is 0 Å². The Labute approximate surface area is 109 Å². The van der Waals surface area contributed by atoms with E-state index in [0.717, 1.165) is 31.7 Å². The van der Waals surface area contributed by atoms with Crippen LogP contribution in [0.2, 0.25) is 0 Å². The van der Waals surface area contributed by atoms with Crippen molar-refractivity contribution in [3.8, 4) is 11.8 Å². The number of hydrogen-bond donors (Lipinski definition) is 0. The van der Waals surface area contributed by atoms with Gasteiger partial charge >= 0.3 is 0 Å². The summed E-state index contributed by atoms with van der Waals surface area (Å²) in [5.41, 5.74) is 1.33. The van der Waals surface area contributed by atoms with E-state index >= 15 is 0 Å². The van der Waals surface area contributed by atoms with Crippen molar-refractivity contribution in [3.63, 3.8) is 0 Å². The molecule has 1 saturated heterocycles. The van der Waals surface area contributed by atoms with E-state index < -0.39 is 0 Å². The maximum absolute atomic E-state index is 8.70. The van der Waals surface area contributed by atoms with E-state index in [-0.39, 0.29) is 0 Å². The van der Waals surface area contributed by atoms with Crippen LogP contribution in [0, 0.1) is 11.3 Å². The number of nitrogens with zero attached hydrogens (tertiary/aromatic N) is 2. The van der Waals surface area contributed by atoms with Crippen LogP contribution in [-0.2, 0) is 0 Å². The zero-order valence-electron chi connectivity index (χ0n) is 10.9. The third-order valence-corrected chi connectivity index (χ3v) is 3.54. The monoisotopic (exact) mass is 244 g/mol. The summed E-state index contributed by atoms with van der Waals surface area (Å²) in [5, 5.41) is 8.70. The highest BCUT2D eigenvalue weighted by atomic mass is 16.5. The van der Waals surface area contributed by atoms with E-state index in [2.05, 4.69) is 29.2 Å². The molecule has 1 aromatic rings. The molecule has 1 aliphatic heterocycles. The second-order valence-corrected chi connectivity index (χ2v) is 4.68. The van der Waals surface area contributed by atoms with Crippen molar-refractivity contribution in [3.05, 3.63) is 29.8 Å². The minimum Gasteiger partial charge on any atom is -0.494 e. The van der Waals surface area contributed by atoms with Crippen LogP contribution in [0.25, 0.3) is 0 Å². The van der Waals surface area contributed by atoms with Crippen LogP contribution in [0.1, 0.15) is 31.2 Å². The third kappa shape index (κ3) is 3.02. The zero-order chi connectivity index (χ0) is 12.8. The average molecular weight is 244 g/mol. The average Bonchev–Trinajstić information content (AvgIpc) is 2.41. The molecule has 0 bridgehead atoms. The summed E-state index contributed by atoms with van der Waals surface area (Å²) >= 11 is 0. The highest BCUT2D eigenvalue weighted by Crippen LogP contribution is 2.33. The number of benzene rings is 1. The van der Waals surface area contributed by atoms with E-state index in [1.165, 1.54) is 5.56 Å². The van der Waals surface area contributed by atoms with Gasteiger partial charge in [0.1, 0.15) is 5.75 Å². The van der Waals surface area contributed by atoms with Crippen LogP contribution in [0.3, 0.4) is 0 Å². The Morgan fingerprint density at radius 1 is 1.33 bits per heavy atom. The molecule has 96 valence electrons. The molecule has 1 aromatic carbocycles. The summed E-state index contributed by atoms with van der Waals surface area (Å²) in [6.07, 6.45) is 2.23. The summed E-state index contributed by atoms with van der Waals surface area (Å²) in [7, 11) is 0. The molecular formula is C15H20N2O. The van der Waals surface area contributed by atoms with Crippen molar-refractivity contribution in [2.45, 2.75) is 25.7 Å². The van der Waals surface area contributed by atoms with Crippen LogP contribution < -0.4 is 4.74 Å². The van der Waals surface area contributed by atoms with Gasteiger partial charge in [-0.25, -0.2) is 0 Å². The largest absolute Gasteiger partial charge is 0.494 e. The highest BCUT2D eigenvalue weighted by molar-refractivity contribution is 5.36. The zero-order valence-corrected chi connectivity index (χ0v) is 10.9. The molecule has 0 N–H and O–H groups in total. The molecule has 0 radical (unpaired) electrons. The van der Waals surface area contributed by atoms with Crippen LogP contribution in [0.15, 0.2) is 24.3 Å². The fourth-order valence-electron chi connectivity index (χ4n) is 2.61. The predicted octanol–water partition coefficient (Wildman–Crippen LogP) is 2.79. The van der Waals surface area contributed by atoms with Gasteiger partial charge in [-0.1, -0.05) is 18.2 Å². The quantitative estimate of drug-likeness (QED) is 0.764. The van der Waals surface area contributed by atoms with E-state index in [4.69, 9.17) is 10.00 Å². The maximum atomic E-state index is 8.70. The van der Waals surface area contributed by atoms with Gasteiger partial charge in [-0.05, 0) is 50.4 Å². The Bertz CT molecular complexity index is 417. The Hall–Kier alpha value is -1.53. The third-order valence-electron chi connectivity index (χ3n) is 3.54. The summed E-state index contributed by atoms with van der Waals surface area (Å²) in [6.45, 7) is 5.31. The van der Waals surface area contributed by atoms with Gasteiger partial charge in [0.05, 0.1) is 19.2 Å². The Morgan fingerprint density at radius 2 is 2.06 bits per heavy atom. The number of piperidine rings is 1. The summed E-state index contributed by atoms with van der Waals surface area (Å²) in [6, 6.07) is 10.6. The van der Waals surface area contributed by atoms with Gasteiger partial charge in [-0.3, -0.25) is 4.90 Å². The van der Waals surface area contributed by atoms with Crippen molar-refractivity contribution in [2.24, 2.45) is 0 Å². The van der Waals surface area contributed by atoms with E-state index in [0.29, 0.717) is 19.1 Å². The lowest BCUT2D eigenvalue weighted by atomic mass is 9.89. The van der Waals surface area contributed by atoms with Gasteiger partial charge in [0, 0.05) is 0 Å². The molecule has 0 spiro atoms. The van der Waals surface area contributed by atoms with Crippen molar-refractivity contribution in [1.82, 2.24) is 4.90 Å². The van der Waals surface area contributed by atoms with Crippen LogP contribution in [-0.4, -0.2) is 31.1 Å². The Balaban J connectivity index is 2.03. The minimum atomic E-state index is 0.555. The first-order valence-corrected chi connectivity index (χ1v) is 6.66. The molecule has 0 aromatic heterocycles. The lowest BCUT2D eigenvalue weighted by molar-refractivity contribution is 0.231. The second kappa shape index (κ2) is 6.42. The van der Waals surface area contributed by atoms with Crippen molar-refractivity contribution in [2.75, 3.05) is 26.2 Å². The van der Waals surface area contributed by atoms with Gasteiger partial charge in [0.2, 0.25) is 0 Å². The summed E-state index contributed by atoms with van der Waals surface area (Å²) in [5.74, 6) is 1.60. The second-order valence-electron chi connectivity index (χ2n) is 4.68. The topological polar surface area (TPSA) is 36.3 Å². The molecule has 1 aliphatic rings. The van der Waals surface area contributed by atoms with E-state index in [1.807, 2.05) is 13.0 Å². The van der Waals surface area contributed by atoms with Crippen molar-refractivity contribution >= 4 is 0 Å². The Kier molecular flexibility index (Phi) is 4.60. The molecule has 1 fully saturated rings. The number of nitriles is 1. The molecular weight excluding hydrogens is 224 g/mol. The molecule has 0 unspecified atom stereocenters. The fraction of sp³-hybridized carbons (Fsp3) is 0.533. The highest BCUT2D eigenvalue weighted by Gasteiger charge is 2.22. The molecule has 18 heavy (non-hydrogen) atoms.